The largest absolute Gasteiger partial charge is 0.355 e. The van der Waals surface area contributed by atoms with Crippen LogP contribution in [0.3, 0.4) is 0 Å². The lowest BCUT2D eigenvalue weighted by molar-refractivity contribution is -0.121. The lowest BCUT2D eigenvalue weighted by Gasteiger charge is -2.05. The third-order valence-electron chi connectivity index (χ3n) is 3.48. The fourth-order valence-corrected chi connectivity index (χ4v) is 2.18. The number of hydrogen-bond acceptors (Lipinski definition) is 6. The van der Waals surface area contributed by atoms with Crippen LogP contribution in [0, 0.1) is 5.82 Å². The van der Waals surface area contributed by atoms with Gasteiger partial charge in [-0.05, 0) is 36.8 Å². The van der Waals surface area contributed by atoms with Crippen molar-refractivity contribution in [3.63, 3.8) is 0 Å². The van der Waals surface area contributed by atoms with Gasteiger partial charge < -0.3 is 9.84 Å². The van der Waals surface area contributed by atoms with Gasteiger partial charge in [0.2, 0.25) is 11.7 Å². The van der Waals surface area contributed by atoms with Crippen LogP contribution >= 0.6 is 0 Å². The number of benzene rings is 1. The SMILES string of the molecule is CCCNC(=O)Cn1nc(-c2nc(-c3ccc(F)cc3)no2)ccc1=O. The predicted molar refractivity (Wildman–Crippen MR) is 90.5 cm³/mol. The first-order chi connectivity index (χ1) is 12.6. The Balaban J connectivity index is 1.84. The number of nitrogens with zero attached hydrogens (tertiary/aromatic N) is 4. The maximum absolute atomic E-state index is 13.0. The number of rotatable bonds is 6. The van der Waals surface area contributed by atoms with E-state index in [9.17, 15) is 14.0 Å². The highest BCUT2D eigenvalue weighted by Crippen LogP contribution is 2.20. The zero-order chi connectivity index (χ0) is 18.5. The molecule has 0 spiro atoms. The Morgan fingerprint density at radius 3 is 2.73 bits per heavy atom. The Bertz CT molecular complexity index is 965. The first kappa shape index (κ1) is 17.5. The molecule has 0 aliphatic rings. The smallest absolute Gasteiger partial charge is 0.278 e. The summed E-state index contributed by atoms with van der Waals surface area (Å²) in [6, 6.07) is 8.34. The summed E-state index contributed by atoms with van der Waals surface area (Å²) in [4.78, 5) is 27.9. The first-order valence-corrected chi connectivity index (χ1v) is 8.01. The molecule has 1 aromatic carbocycles. The number of halogens is 1. The summed E-state index contributed by atoms with van der Waals surface area (Å²) in [5.74, 6) is -0.323. The molecule has 3 rings (SSSR count). The molecule has 0 aliphatic heterocycles. The van der Waals surface area contributed by atoms with Crippen molar-refractivity contribution in [3.05, 3.63) is 52.6 Å². The van der Waals surface area contributed by atoms with Crippen molar-refractivity contribution in [2.75, 3.05) is 6.54 Å². The number of carbonyl (C=O) groups is 1. The minimum Gasteiger partial charge on any atom is -0.355 e. The molecule has 0 radical (unpaired) electrons. The van der Waals surface area contributed by atoms with Crippen LogP contribution in [-0.4, -0.2) is 32.4 Å². The molecule has 0 unspecified atom stereocenters. The topological polar surface area (TPSA) is 103 Å². The highest BCUT2D eigenvalue weighted by Gasteiger charge is 2.14. The summed E-state index contributed by atoms with van der Waals surface area (Å²) >= 11 is 0. The maximum Gasteiger partial charge on any atom is 0.278 e. The van der Waals surface area contributed by atoms with Crippen molar-refractivity contribution < 1.29 is 13.7 Å². The Morgan fingerprint density at radius 1 is 1.23 bits per heavy atom. The minimum absolute atomic E-state index is 0.0899. The van der Waals surface area contributed by atoms with Crippen LogP contribution in [0.2, 0.25) is 0 Å². The fraction of sp³-hybridized carbons (Fsp3) is 0.235. The third-order valence-corrected chi connectivity index (χ3v) is 3.48. The summed E-state index contributed by atoms with van der Waals surface area (Å²) in [5.41, 5.74) is 0.418. The van der Waals surface area contributed by atoms with E-state index in [-0.39, 0.29) is 35.7 Å². The lowest BCUT2D eigenvalue weighted by Crippen LogP contribution is -2.33. The van der Waals surface area contributed by atoms with Crippen LogP contribution < -0.4 is 10.9 Å². The number of amides is 1. The number of aromatic nitrogens is 4. The molecule has 3 aromatic rings. The highest BCUT2D eigenvalue weighted by atomic mass is 19.1. The van der Waals surface area contributed by atoms with Gasteiger partial charge in [0.25, 0.3) is 11.4 Å². The van der Waals surface area contributed by atoms with Gasteiger partial charge in [-0.3, -0.25) is 9.59 Å². The van der Waals surface area contributed by atoms with Crippen LogP contribution in [0.4, 0.5) is 4.39 Å². The molecule has 134 valence electrons. The molecular weight excluding hydrogens is 341 g/mol. The number of hydrogen-bond donors (Lipinski definition) is 1. The fourth-order valence-electron chi connectivity index (χ4n) is 2.18. The zero-order valence-electron chi connectivity index (χ0n) is 14.0. The number of nitrogens with one attached hydrogen (secondary N) is 1. The minimum atomic E-state index is -0.418. The van der Waals surface area contributed by atoms with Gasteiger partial charge in [-0.2, -0.15) is 10.1 Å². The van der Waals surface area contributed by atoms with Crippen molar-refractivity contribution in [1.29, 1.82) is 0 Å². The highest BCUT2D eigenvalue weighted by molar-refractivity contribution is 5.75. The van der Waals surface area contributed by atoms with Gasteiger partial charge in [-0.25, -0.2) is 9.07 Å². The maximum atomic E-state index is 13.0. The van der Waals surface area contributed by atoms with E-state index in [1.165, 1.54) is 36.4 Å². The van der Waals surface area contributed by atoms with Gasteiger partial charge in [0.15, 0.2) is 0 Å². The molecule has 0 aliphatic carbocycles. The first-order valence-electron chi connectivity index (χ1n) is 8.01. The molecule has 0 atom stereocenters. The Morgan fingerprint density at radius 2 is 2.00 bits per heavy atom. The average Bonchev–Trinajstić information content (AvgIpc) is 3.12. The second-order valence-electron chi connectivity index (χ2n) is 5.49. The quantitative estimate of drug-likeness (QED) is 0.719. The van der Waals surface area contributed by atoms with Crippen LogP contribution in [0.5, 0.6) is 0 Å². The standard InChI is InChI=1S/C17H16FN5O3/c1-2-9-19-14(24)10-23-15(25)8-7-13(21-23)17-20-16(22-26-17)11-3-5-12(18)6-4-11/h3-8H,2,9-10H2,1H3,(H,19,24). The molecule has 2 aromatic heterocycles. The molecule has 8 nitrogen and oxygen atoms in total. The van der Waals surface area contributed by atoms with E-state index in [1.54, 1.807) is 0 Å². The van der Waals surface area contributed by atoms with Gasteiger partial charge in [-0.1, -0.05) is 12.1 Å². The van der Waals surface area contributed by atoms with Gasteiger partial charge >= 0.3 is 0 Å². The lowest BCUT2D eigenvalue weighted by atomic mass is 10.2. The molecule has 1 amide bonds. The van der Waals surface area contributed by atoms with Crippen molar-refractivity contribution in [2.45, 2.75) is 19.9 Å². The van der Waals surface area contributed by atoms with Gasteiger partial charge in [0.05, 0.1) is 0 Å². The van der Waals surface area contributed by atoms with E-state index in [1.807, 2.05) is 6.92 Å². The van der Waals surface area contributed by atoms with Crippen molar-refractivity contribution in [3.8, 4) is 23.0 Å². The molecular formula is C17H16FN5O3. The third kappa shape index (κ3) is 4.00. The van der Waals surface area contributed by atoms with E-state index in [0.717, 1.165) is 11.1 Å². The van der Waals surface area contributed by atoms with Crippen molar-refractivity contribution in [1.82, 2.24) is 25.2 Å². The summed E-state index contributed by atoms with van der Waals surface area (Å²) in [5, 5.41) is 10.6. The Labute approximate surface area is 147 Å². The summed E-state index contributed by atoms with van der Waals surface area (Å²) in [6.45, 7) is 2.25. The molecule has 0 fully saturated rings. The molecule has 0 saturated carbocycles. The molecule has 26 heavy (non-hydrogen) atoms. The van der Waals surface area contributed by atoms with Crippen molar-refractivity contribution in [2.24, 2.45) is 0 Å². The zero-order valence-corrected chi connectivity index (χ0v) is 14.0. The molecule has 0 bridgehead atoms. The second kappa shape index (κ2) is 7.68. The van der Waals surface area contributed by atoms with E-state index < -0.39 is 5.56 Å². The van der Waals surface area contributed by atoms with E-state index >= 15 is 0 Å². The van der Waals surface area contributed by atoms with E-state index in [2.05, 4.69) is 20.6 Å². The van der Waals surface area contributed by atoms with Crippen LogP contribution in [0.15, 0.2) is 45.7 Å². The van der Waals surface area contributed by atoms with Gasteiger partial charge in [0.1, 0.15) is 18.1 Å². The van der Waals surface area contributed by atoms with Gasteiger partial charge in [0, 0.05) is 18.2 Å². The monoisotopic (exact) mass is 357 g/mol. The normalized spacial score (nSPS) is 10.7. The summed E-state index contributed by atoms with van der Waals surface area (Å²) in [6.07, 6.45) is 0.794. The predicted octanol–water partition coefficient (Wildman–Crippen LogP) is 1.63. The Kier molecular flexibility index (Phi) is 5.16. The molecule has 2 heterocycles. The van der Waals surface area contributed by atoms with Crippen LogP contribution in [-0.2, 0) is 11.3 Å². The Hall–Kier alpha value is -3.36. The average molecular weight is 357 g/mol. The summed E-state index contributed by atoms with van der Waals surface area (Å²) < 4.78 is 19.2. The van der Waals surface area contributed by atoms with Gasteiger partial charge in [-0.15, -0.1) is 0 Å². The second-order valence-corrected chi connectivity index (χ2v) is 5.49. The molecule has 0 saturated heterocycles. The number of carbonyl (C=O) groups excluding carboxylic acids is 1. The van der Waals surface area contributed by atoms with E-state index in [0.29, 0.717) is 12.1 Å². The van der Waals surface area contributed by atoms with E-state index in [4.69, 9.17) is 4.52 Å². The van der Waals surface area contributed by atoms with Crippen molar-refractivity contribution >= 4 is 5.91 Å². The van der Waals surface area contributed by atoms with Crippen LogP contribution in [0.1, 0.15) is 13.3 Å². The summed E-state index contributed by atoms with van der Waals surface area (Å²) in [7, 11) is 0. The molecule has 1 N–H and O–H groups in total. The molecule has 9 heteroatoms. The van der Waals surface area contributed by atoms with Crippen LogP contribution in [0.25, 0.3) is 23.0 Å².